The average molecular weight is 434 g/mol. The van der Waals surface area contributed by atoms with Crippen LogP contribution in [0.5, 0.6) is 0 Å². The highest BCUT2D eigenvalue weighted by Gasteiger charge is 2.27. The second kappa shape index (κ2) is 8.96. The fourth-order valence-electron chi connectivity index (χ4n) is 3.26. The third-order valence-electron chi connectivity index (χ3n) is 5.02. The van der Waals surface area contributed by atoms with E-state index >= 15 is 0 Å². The maximum absolute atomic E-state index is 12.9. The Kier molecular flexibility index (Phi) is 5.93. The molecule has 10 nitrogen and oxygen atoms in total. The molecule has 0 bridgehead atoms. The number of amides is 3. The van der Waals surface area contributed by atoms with Crippen LogP contribution in [0, 0.1) is 5.92 Å². The van der Waals surface area contributed by atoms with Gasteiger partial charge in [-0.25, -0.2) is 5.01 Å². The minimum atomic E-state index is -0.497. The van der Waals surface area contributed by atoms with Gasteiger partial charge in [0, 0.05) is 36.4 Å². The minimum absolute atomic E-state index is 0.0124. The Balaban J connectivity index is 1.48. The van der Waals surface area contributed by atoms with Crippen LogP contribution in [0.4, 0.5) is 5.69 Å². The number of aromatic nitrogens is 3. The van der Waals surface area contributed by atoms with Crippen molar-refractivity contribution in [3.63, 3.8) is 0 Å². The summed E-state index contributed by atoms with van der Waals surface area (Å²) in [6, 6.07) is 9.49. The van der Waals surface area contributed by atoms with Gasteiger partial charge in [-0.1, -0.05) is 19.0 Å². The number of benzene rings is 1. The van der Waals surface area contributed by atoms with Gasteiger partial charge in [0.2, 0.25) is 23.5 Å². The zero-order chi connectivity index (χ0) is 22.7. The number of carbonyl (C=O) groups excluding carboxylic acids is 3. The minimum Gasteiger partial charge on any atom is -0.340 e. The summed E-state index contributed by atoms with van der Waals surface area (Å²) in [6.07, 6.45) is 3.61. The van der Waals surface area contributed by atoms with Crippen LogP contribution in [0.25, 0.3) is 11.4 Å². The molecule has 10 heteroatoms. The third-order valence-corrected chi connectivity index (χ3v) is 5.02. The third kappa shape index (κ3) is 4.48. The SMILES string of the molecule is CC(C)C(NC(=O)c1ccc(N2NC(=O)CCC2=O)cc1)c1nc(-c2cccnc2)no1. The van der Waals surface area contributed by atoms with Crippen LogP contribution >= 0.6 is 0 Å². The lowest BCUT2D eigenvalue weighted by Crippen LogP contribution is -2.50. The fourth-order valence-corrected chi connectivity index (χ4v) is 3.26. The molecule has 4 rings (SSSR count). The summed E-state index contributed by atoms with van der Waals surface area (Å²) in [5, 5.41) is 8.12. The Hall–Kier alpha value is -4.08. The Bertz CT molecular complexity index is 1130. The first-order chi connectivity index (χ1) is 15.4. The van der Waals surface area contributed by atoms with Gasteiger partial charge in [0.1, 0.15) is 6.04 Å². The highest BCUT2D eigenvalue weighted by Crippen LogP contribution is 2.24. The van der Waals surface area contributed by atoms with Crippen molar-refractivity contribution in [1.82, 2.24) is 25.9 Å². The average Bonchev–Trinajstić information content (AvgIpc) is 3.29. The number of nitrogens with one attached hydrogen (secondary N) is 2. The molecule has 2 N–H and O–H groups in total. The summed E-state index contributed by atoms with van der Waals surface area (Å²) in [4.78, 5) is 45.0. The predicted octanol–water partition coefficient (Wildman–Crippen LogP) is 2.42. The van der Waals surface area contributed by atoms with E-state index in [4.69, 9.17) is 4.52 Å². The smallest absolute Gasteiger partial charge is 0.251 e. The number of hydrogen-bond donors (Lipinski definition) is 2. The van der Waals surface area contributed by atoms with E-state index in [0.29, 0.717) is 28.5 Å². The Morgan fingerprint density at radius 3 is 2.62 bits per heavy atom. The molecule has 3 heterocycles. The quantitative estimate of drug-likeness (QED) is 0.609. The first-order valence-corrected chi connectivity index (χ1v) is 10.2. The van der Waals surface area contributed by atoms with Gasteiger partial charge in [-0.2, -0.15) is 4.98 Å². The molecule has 1 fully saturated rings. The summed E-state index contributed by atoms with van der Waals surface area (Å²) in [5.74, 6) is -0.0815. The van der Waals surface area contributed by atoms with Gasteiger partial charge in [0.05, 0.1) is 5.69 Å². The summed E-state index contributed by atoms with van der Waals surface area (Å²) >= 11 is 0. The molecule has 0 aliphatic carbocycles. The van der Waals surface area contributed by atoms with Crippen LogP contribution in [0.15, 0.2) is 53.3 Å². The second-order valence-corrected chi connectivity index (χ2v) is 7.70. The standard InChI is InChI=1S/C22H22N6O4/c1-13(2)19(22-25-20(27-32-22)15-4-3-11-23-12-15)24-21(31)14-5-7-16(8-6-14)28-18(30)10-9-17(29)26-28/h3-8,11-13,19H,9-10H2,1-2H3,(H,24,31)(H,26,29). The van der Waals surface area contributed by atoms with Crippen molar-refractivity contribution >= 4 is 23.4 Å². The molecular formula is C22H22N6O4. The van der Waals surface area contributed by atoms with Crippen LogP contribution < -0.4 is 15.8 Å². The Labute approximate surface area is 184 Å². The molecule has 1 atom stereocenters. The van der Waals surface area contributed by atoms with Gasteiger partial charge in [-0.05, 0) is 42.3 Å². The predicted molar refractivity (Wildman–Crippen MR) is 114 cm³/mol. The van der Waals surface area contributed by atoms with Crippen molar-refractivity contribution in [3.8, 4) is 11.4 Å². The van der Waals surface area contributed by atoms with Crippen LogP contribution in [-0.4, -0.2) is 32.8 Å². The summed E-state index contributed by atoms with van der Waals surface area (Å²) in [6.45, 7) is 3.87. The lowest BCUT2D eigenvalue weighted by atomic mass is 10.0. The van der Waals surface area contributed by atoms with E-state index in [1.54, 1.807) is 42.7 Å². The van der Waals surface area contributed by atoms with Crippen molar-refractivity contribution < 1.29 is 18.9 Å². The molecule has 164 valence electrons. The van der Waals surface area contributed by atoms with Gasteiger partial charge < -0.3 is 9.84 Å². The molecule has 1 aliphatic rings. The number of anilines is 1. The van der Waals surface area contributed by atoms with Crippen LogP contribution in [-0.2, 0) is 9.59 Å². The number of nitrogens with zero attached hydrogens (tertiary/aromatic N) is 4. The fraction of sp³-hybridized carbons (Fsp3) is 0.273. The van der Waals surface area contributed by atoms with Gasteiger partial charge in [-0.15, -0.1) is 0 Å². The van der Waals surface area contributed by atoms with E-state index in [-0.39, 0.29) is 36.5 Å². The Morgan fingerprint density at radius 2 is 1.94 bits per heavy atom. The molecule has 1 aliphatic heterocycles. The first kappa shape index (κ1) is 21.2. The monoisotopic (exact) mass is 434 g/mol. The van der Waals surface area contributed by atoms with Gasteiger partial charge in [0.25, 0.3) is 5.91 Å². The lowest BCUT2D eigenvalue weighted by molar-refractivity contribution is -0.130. The molecule has 0 saturated carbocycles. The van der Waals surface area contributed by atoms with Crippen molar-refractivity contribution in [2.45, 2.75) is 32.7 Å². The summed E-state index contributed by atoms with van der Waals surface area (Å²) < 4.78 is 5.41. The van der Waals surface area contributed by atoms with E-state index in [0.717, 1.165) is 0 Å². The summed E-state index contributed by atoms with van der Waals surface area (Å²) in [5.41, 5.74) is 4.12. The maximum Gasteiger partial charge on any atom is 0.251 e. The lowest BCUT2D eigenvalue weighted by Gasteiger charge is -2.27. The zero-order valence-electron chi connectivity index (χ0n) is 17.6. The van der Waals surface area contributed by atoms with Crippen molar-refractivity contribution in [2.75, 3.05) is 5.01 Å². The molecule has 0 radical (unpaired) electrons. The first-order valence-electron chi connectivity index (χ1n) is 10.2. The molecule has 2 aromatic heterocycles. The van der Waals surface area contributed by atoms with Crippen molar-refractivity contribution in [2.24, 2.45) is 5.92 Å². The maximum atomic E-state index is 12.9. The highest BCUT2D eigenvalue weighted by molar-refractivity contribution is 6.01. The van der Waals surface area contributed by atoms with Crippen LogP contribution in [0.2, 0.25) is 0 Å². The molecule has 1 aromatic carbocycles. The second-order valence-electron chi connectivity index (χ2n) is 7.70. The molecular weight excluding hydrogens is 412 g/mol. The van der Waals surface area contributed by atoms with Crippen molar-refractivity contribution in [1.29, 1.82) is 0 Å². The Morgan fingerprint density at radius 1 is 1.16 bits per heavy atom. The van der Waals surface area contributed by atoms with E-state index in [1.807, 2.05) is 19.9 Å². The highest BCUT2D eigenvalue weighted by atomic mass is 16.5. The van der Waals surface area contributed by atoms with Gasteiger partial charge >= 0.3 is 0 Å². The molecule has 32 heavy (non-hydrogen) atoms. The molecule has 3 amide bonds. The number of pyridine rings is 1. The van der Waals surface area contributed by atoms with E-state index in [9.17, 15) is 14.4 Å². The molecule has 1 saturated heterocycles. The number of rotatable bonds is 6. The molecule has 3 aromatic rings. The molecule has 1 unspecified atom stereocenters. The van der Waals surface area contributed by atoms with Crippen molar-refractivity contribution in [3.05, 3.63) is 60.2 Å². The number of carbonyl (C=O) groups is 3. The van der Waals surface area contributed by atoms with Gasteiger partial charge in [-0.3, -0.25) is 24.8 Å². The van der Waals surface area contributed by atoms with E-state index in [1.165, 1.54) is 5.01 Å². The number of hydrogen-bond acceptors (Lipinski definition) is 7. The topological polar surface area (TPSA) is 130 Å². The zero-order valence-corrected chi connectivity index (χ0v) is 17.6. The van der Waals surface area contributed by atoms with E-state index in [2.05, 4.69) is 25.9 Å². The normalized spacial score (nSPS) is 14.9. The largest absolute Gasteiger partial charge is 0.340 e. The molecule has 0 spiro atoms. The van der Waals surface area contributed by atoms with E-state index < -0.39 is 6.04 Å². The van der Waals surface area contributed by atoms with Crippen LogP contribution in [0.3, 0.4) is 0 Å². The number of hydrazine groups is 1. The van der Waals surface area contributed by atoms with Gasteiger partial charge in [0.15, 0.2) is 0 Å². The van der Waals surface area contributed by atoms with Crippen LogP contribution in [0.1, 0.15) is 49.0 Å². The summed E-state index contributed by atoms with van der Waals surface area (Å²) in [7, 11) is 0.